The molecule has 0 bridgehead atoms. The summed E-state index contributed by atoms with van der Waals surface area (Å²) in [5, 5.41) is 7.02. The third-order valence-corrected chi connectivity index (χ3v) is 12.2. The first-order chi connectivity index (χ1) is 28.7. The van der Waals surface area contributed by atoms with Gasteiger partial charge in [-0.15, -0.1) is 11.3 Å². The highest BCUT2D eigenvalue weighted by atomic mass is 32.1. The van der Waals surface area contributed by atoms with Gasteiger partial charge in [0, 0.05) is 58.5 Å². The molecule has 5 nitrogen and oxygen atoms in total. The Bertz CT molecular complexity index is 3460. The zero-order valence-electron chi connectivity index (χ0n) is 31.3. The molecular formula is C52H34N4OS. The van der Waals surface area contributed by atoms with E-state index in [9.17, 15) is 0 Å². The van der Waals surface area contributed by atoms with Crippen LogP contribution in [-0.4, -0.2) is 23.0 Å². The number of benzene rings is 8. The van der Waals surface area contributed by atoms with E-state index in [0.717, 1.165) is 55.3 Å². The number of fused-ring (bicyclic) bond motifs is 9. The highest BCUT2D eigenvalue weighted by molar-refractivity contribution is 7.26. The van der Waals surface area contributed by atoms with E-state index < -0.39 is 0 Å². The number of furan rings is 1. The summed E-state index contributed by atoms with van der Waals surface area (Å²) < 4.78 is 11.3. The Morgan fingerprint density at radius 3 is 2.19 bits per heavy atom. The lowest BCUT2D eigenvalue weighted by molar-refractivity contribution is 0.669. The molecule has 11 rings (SSSR count). The smallest absolute Gasteiger partial charge is 0.161 e. The van der Waals surface area contributed by atoms with Crippen LogP contribution in [0.2, 0.25) is 0 Å². The molecular weight excluding hydrogens is 729 g/mol. The van der Waals surface area contributed by atoms with Gasteiger partial charge in [-0.25, -0.2) is 9.98 Å². The molecule has 0 aliphatic rings. The topological polar surface area (TPSA) is 55.1 Å². The van der Waals surface area contributed by atoms with Crippen LogP contribution >= 0.6 is 11.3 Å². The molecule has 0 atom stereocenters. The first kappa shape index (κ1) is 33.9. The van der Waals surface area contributed by atoms with Crippen molar-refractivity contribution in [1.29, 1.82) is 0 Å². The number of hydrogen-bond acceptors (Lipinski definition) is 3. The summed E-state index contributed by atoms with van der Waals surface area (Å²) >= 11 is 1.86. The van der Waals surface area contributed by atoms with E-state index in [2.05, 4.69) is 138 Å². The molecule has 3 heterocycles. The summed E-state index contributed by atoms with van der Waals surface area (Å²) in [6, 6.07) is 63.7. The maximum absolute atomic E-state index is 6.28. The van der Waals surface area contributed by atoms with Crippen LogP contribution in [0.4, 0.5) is 0 Å². The number of amidine groups is 2. The highest BCUT2D eigenvalue weighted by Crippen LogP contribution is 2.42. The molecule has 8 aromatic carbocycles. The molecule has 58 heavy (non-hydrogen) atoms. The van der Waals surface area contributed by atoms with Gasteiger partial charge in [0.1, 0.15) is 11.2 Å². The van der Waals surface area contributed by atoms with Crippen LogP contribution < -0.4 is 0 Å². The minimum Gasteiger partial charge on any atom is -0.456 e. The molecule has 0 N–H and O–H groups in total. The average molecular weight is 763 g/mol. The van der Waals surface area contributed by atoms with Gasteiger partial charge in [0.2, 0.25) is 0 Å². The lowest BCUT2D eigenvalue weighted by atomic mass is 10.0. The predicted molar refractivity (Wildman–Crippen MR) is 246 cm³/mol. The van der Waals surface area contributed by atoms with E-state index in [1.54, 1.807) is 0 Å². The Kier molecular flexibility index (Phi) is 8.15. The van der Waals surface area contributed by atoms with E-state index in [0.29, 0.717) is 18.2 Å². The summed E-state index contributed by atoms with van der Waals surface area (Å²) in [7, 11) is 0. The van der Waals surface area contributed by atoms with Crippen molar-refractivity contribution in [3.8, 4) is 16.8 Å². The van der Waals surface area contributed by atoms with Crippen molar-refractivity contribution in [2.24, 2.45) is 15.0 Å². The Labute approximate surface area is 338 Å². The van der Waals surface area contributed by atoms with E-state index in [1.807, 2.05) is 72.0 Å². The Balaban J connectivity index is 1.05. The molecule has 0 aliphatic carbocycles. The van der Waals surface area contributed by atoms with Crippen LogP contribution in [0.1, 0.15) is 16.7 Å². The van der Waals surface area contributed by atoms with Gasteiger partial charge in [0.05, 0.1) is 17.6 Å². The highest BCUT2D eigenvalue weighted by Gasteiger charge is 2.18. The zero-order valence-corrected chi connectivity index (χ0v) is 32.2. The third kappa shape index (κ3) is 5.65. The maximum Gasteiger partial charge on any atom is 0.161 e. The summed E-state index contributed by atoms with van der Waals surface area (Å²) in [5.74, 6) is 1.07. The van der Waals surface area contributed by atoms with Crippen LogP contribution in [0.5, 0.6) is 0 Å². The summed E-state index contributed by atoms with van der Waals surface area (Å²) in [4.78, 5) is 14.7. The summed E-state index contributed by atoms with van der Waals surface area (Å²) in [6.45, 7) is 4.29. The van der Waals surface area contributed by atoms with Gasteiger partial charge in [-0.1, -0.05) is 140 Å². The van der Waals surface area contributed by atoms with E-state index >= 15 is 0 Å². The number of nitrogens with zero attached hydrogens (tertiary/aromatic N) is 4. The second-order valence-electron chi connectivity index (χ2n) is 14.4. The number of para-hydroxylation sites is 2. The van der Waals surface area contributed by atoms with Gasteiger partial charge >= 0.3 is 0 Å². The Hall–Kier alpha value is -7.41. The second-order valence-corrected chi connectivity index (χ2v) is 15.5. The molecule has 0 saturated heterocycles. The zero-order chi connectivity index (χ0) is 38.6. The molecule has 0 unspecified atom stereocenters. The first-order valence-corrected chi connectivity index (χ1v) is 20.1. The minimum absolute atomic E-state index is 0.397. The lowest BCUT2D eigenvalue weighted by Crippen LogP contribution is -2.06. The van der Waals surface area contributed by atoms with Gasteiger partial charge in [0.15, 0.2) is 11.7 Å². The molecule has 3 aromatic heterocycles. The quantitative estimate of drug-likeness (QED) is 0.123. The van der Waals surface area contributed by atoms with Crippen molar-refractivity contribution in [3.05, 3.63) is 199 Å². The fourth-order valence-electron chi connectivity index (χ4n) is 8.37. The van der Waals surface area contributed by atoms with Crippen molar-refractivity contribution < 1.29 is 4.42 Å². The molecule has 274 valence electrons. The van der Waals surface area contributed by atoms with E-state index in [-0.39, 0.29) is 0 Å². The minimum atomic E-state index is 0.397. The fraction of sp³-hybridized carbons (Fsp3) is 0.0192. The second kappa shape index (κ2) is 14.0. The number of rotatable bonds is 6. The van der Waals surface area contributed by atoms with Crippen molar-refractivity contribution in [2.45, 2.75) is 6.54 Å². The predicted octanol–water partition coefficient (Wildman–Crippen LogP) is 13.8. The van der Waals surface area contributed by atoms with Crippen LogP contribution in [0.15, 0.2) is 201 Å². The van der Waals surface area contributed by atoms with Gasteiger partial charge in [-0.3, -0.25) is 4.99 Å². The lowest BCUT2D eigenvalue weighted by Gasteiger charge is -2.11. The molecule has 0 fully saturated rings. The van der Waals surface area contributed by atoms with Gasteiger partial charge in [-0.05, 0) is 65.9 Å². The fourth-order valence-corrected chi connectivity index (χ4v) is 9.61. The summed E-state index contributed by atoms with van der Waals surface area (Å²) in [6.07, 6.45) is 0. The SMILES string of the molecule is C=NC(=NC(=NCc1cccc(-n2c3ccccc3c3ccc(-c4cccc5c4sc4ccccc45)cc32)c1)c1cccc2oc3ccccc3c12)c1ccccc1. The van der Waals surface area contributed by atoms with Crippen LogP contribution in [0.3, 0.4) is 0 Å². The summed E-state index contributed by atoms with van der Waals surface area (Å²) in [5.41, 5.74) is 10.2. The molecule has 0 radical (unpaired) electrons. The van der Waals surface area contributed by atoms with Crippen molar-refractivity contribution >= 4 is 93.6 Å². The van der Waals surface area contributed by atoms with Crippen LogP contribution in [0.25, 0.3) is 80.7 Å². The molecule has 0 spiro atoms. The number of aliphatic imine (C=N–C) groups is 3. The molecule has 0 saturated carbocycles. The molecule has 11 aromatic rings. The first-order valence-electron chi connectivity index (χ1n) is 19.3. The molecule has 0 amide bonds. The number of aromatic nitrogens is 1. The number of hydrogen-bond donors (Lipinski definition) is 0. The molecule has 6 heteroatoms. The number of thiophene rings is 1. The van der Waals surface area contributed by atoms with Gasteiger partial charge in [-0.2, -0.15) is 0 Å². The Morgan fingerprint density at radius 2 is 1.29 bits per heavy atom. The maximum atomic E-state index is 6.28. The van der Waals surface area contributed by atoms with Crippen molar-refractivity contribution in [3.63, 3.8) is 0 Å². The Morgan fingerprint density at radius 1 is 0.569 bits per heavy atom. The van der Waals surface area contributed by atoms with Crippen molar-refractivity contribution in [1.82, 2.24) is 4.57 Å². The monoisotopic (exact) mass is 762 g/mol. The van der Waals surface area contributed by atoms with Crippen LogP contribution in [-0.2, 0) is 6.54 Å². The van der Waals surface area contributed by atoms with Gasteiger partial charge < -0.3 is 8.98 Å². The molecule has 0 aliphatic heterocycles. The average Bonchev–Trinajstić information content (AvgIpc) is 3.96. The standard InChI is InChI=1S/C52H34N4OS/c1-53-51(34-15-3-2-4-16-34)55-52(43-23-13-26-47-49(43)42-20-6-9-25-46(42)57-47)54-32-33-14-11-17-36(30-33)56-44-24-8-5-18-38(44)39-29-28-35(31-45(39)56)37-21-12-22-41-40-19-7-10-27-48(40)58-50(37)41/h2-31H,1,32H2. The van der Waals surface area contributed by atoms with E-state index in [1.165, 1.54) is 42.1 Å². The van der Waals surface area contributed by atoms with Crippen LogP contribution in [0, 0.1) is 0 Å². The van der Waals surface area contributed by atoms with Gasteiger partial charge in [0.25, 0.3) is 0 Å². The normalized spacial score (nSPS) is 12.5. The van der Waals surface area contributed by atoms with E-state index in [4.69, 9.17) is 14.4 Å². The third-order valence-electron chi connectivity index (χ3n) is 11.0. The van der Waals surface area contributed by atoms with Crippen molar-refractivity contribution in [2.75, 3.05) is 0 Å². The largest absolute Gasteiger partial charge is 0.456 e.